The number of carbonyl (C=O) groups excluding carboxylic acids is 1. The Morgan fingerprint density at radius 1 is 1.06 bits per heavy atom. The van der Waals surface area contributed by atoms with Gasteiger partial charge in [0, 0.05) is 38.8 Å². The molecule has 31 heavy (non-hydrogen) atoms. The highest BCUT2D eigenvalue weighted by Crippen LogP contribution is 2.19. The number of piperidine rings is 2. The van der Waals surface area contributed by atoms with Gasteiger partial charge in [-0.3, -0.25) is 19.6 Å². The van der Waals surface area contributed by atoms with Crippen LogP contribution in [-0.2, 0) is 11.3 Å². The van der Waals surface area contributed by atoms with Gasteiger partial charge in [0.15, 0.2) is 5.96 Å². The number of guanidine groups is 1. The predicted molar refractivity (Wildman–Crippen MR) is 127 cm³/mol. The number of nitrogens with one attached hydrogen (secondary N) is 2. The first-order valence-electron chi connectivity index (χ1n) is 11.8. The number of primary amides is 1. The topological polar surface area (TPSA) is 86.0 Å². The molecule has 1 amide bonds. The van der Waals surface area contributed by atoms with Crippen molar-refractivity contribution >= 4 is 11.9 Å². The van der Waals surface area contributed by atoms with Crippen molar-refractivity contribution in [3.05, 3.63) is 35.4 Å². The number of hydrogen-bond acceptors (Lipinski definition) is 4. The van der Waals surface area contributed by atoms with Gasteiger partial charge in [-0.2, -0.15) is 0 Å². The van der Waals surface area contributed by atoms with Crippen LogP contribution >= 0.6 is 0 Å². The molecule has 2 saturated heterocycles. The Balaban J connectivity index is 1.40. The minimum Gasteiger partial charge on any atom is -0.369 e. The molecular weight excluding hydrogens is 388 g/mol. The largest absolute Gasteiger partial charge is 0.369 e. The van der Waals surface area contributed by atoms with E-state index in [2.05, 4.69) is 58.5 Å². The molecule has 0 saturated carbocycles. The second kappa shape index (κ2) is 12.1. The number of likely N-dealkylation sites (tertiary alicyclic amines) is 2. The molecule has 1 aromatic rings. The number of benzene rings is 1. The van der Waals surface area contributed by atoms with E-state index >= 15 is 0 Å². The molecule has 2 fully saturated rings. The van der Waals surface area contributed by atoms with Crippen LogP contribution in [0.4, 0.5) is 0 Å². The Bertz CT molecular complexity index is 703. The Morgan fingerprint density at radius 3 is 2.32 bits per heavy atom. The van der Waals surface area contributed by atoms with Crippen molar-refractivity contribution in [1.82, 2.24) is 20.4 Å². The Hall–Kier alpha value is -2.12. The molecule has 0 spiro atoms. The van der Waals surface area contributed by atoms with Crippen LogP contribution in [0.2, 0.25) is 0 Å². The summed E-state index contributed by atoms with van der Waals surface area (Å²) in [5.41, 5.74) is 8.04. The van der Waals surface area contributed by atoms with Crippen molar-refractivity contribution in [3.8, 4) is 0 Å². The minimum absolute atomic E-state index is 0.244. The standard InChI is InChI=1S/C24H40N6O/c1-3-26-24(28-22-10-14-30(15-11-22)18-23(25)31)27-16-20-8-12-29(13-9-20)17-21-6-4-19(2)5-7-21/h4-7,20,22H,3,8-18H2,1-2H3,(H2,25,31)(H2,26,27,28). The average Bonchev–Trinajstić information content (AvgIpc) is 2.76. The fraction of sp³-hybridized carbons (Fsp3) is 0.667. The Kier molecular flexibility index (Phi) is 9.15. The van der Waals surface area contributed by atoms with Gasteiger partial charge in [0.05, 0.1) is 6.54 Å². The van der Waals surface area contributed by atoms with Gasteiger partial charge in [-0.15, -0.1) is 0 Å². The van der Waals surface area contributed by atoms with E-state index in [1.165, 1.54) is 24.0 Å². The number of aliphatic imine (C=N–C) groups is 1. The Labute approximate surface area is 187 Å². The lowest BCUT2D eigenvalue weighted by molar-refractivity contribution is -0.119. The van der Waals surface area contributed by atoms with Gasteiger partial charge in [-0.1, -0.05) is 29.8 Å². The van der Waals surface area contributed by atoms with Crippen LogP contribution in [0.15, 0.2) is 29.3 Å². The van der Waals surface area contributed by atoms with E-state index in [0.29, 0.717) is 18.5 Å². The summed E-state index contributed by atoms with van der Waals surface area (Å²) in [4.78, 5) is 20.7. The second-order valence-electron chi connectivity index (χ2n) is 9.09. The number of rotatable bonds is 8. The molecule has 0 unspecified atom stereocenters. The van der Waals surface area contributed by atoms with Crippen molar-refractivity contribution in [2.45, 2.75) is 52.1 Å². The van der Waals surface area contributed by atoms with Crippen molar-refractivity contribution < 1.29 is 4.79 Å². The molecule has 2 heterocycles. The highest BCUT2D eigenvalue weighted by molar-refractivity contribution is 5.80. The maximum absolute atomic E-state index is 11.1. The number of amides is 1. The molecule has 7 nitrogen and oxygen atoms in total. The van der Waals surface area contributed by atoms with Crippen molar-refractivity contribution in [3.63, 3.8) is 0 Å². The zero-order chi connectivity index (χ0) is 22.1. The van der Waals surface area contributed by atoms with E-state index in [0.717, 1.165) is 64.6 Å². The first-order chi connectivity index (χ1) is 15.0. The third kappa shape index (κ3) is 8.15. The molecule has 2 aliphatic rings. The van der Waals surface area contributed by atoms with E-state index in [-0.39, 0.29) is 5.91 Å². The molecule has 3 rings (SSSR count). The van der Waals surface area contributed by atoms with E-state index in [1.807, 2.05) is 0 Å². The van der Waals surface area contributed by atoms with E-state index in [9.17, 15) is 4.79 Å². The van der Waals surface area contributed by atoms with Crippen molar-refractivity contribution in [1.29, 1.82) is 0 Å². The maximum Gasteiger partial charge on any atom is 0.231 e. The predicted octanol–water partition coefficient (Wildman–Crippen LogP) is 1.71. The lowest BCUT2D eigenvalue weighted by Crippen LogP contribution is -2.50. The second-order valence-corrected chi connectivity index (χ2v) is 9.09. The van der Waals surface area contributed by atoms with E-state index in [1.54, 1.807) is 0 Å². The molecule has 0 radical (unpaired) electrons. The summed E-state index contributed by atoms with van der Waals surface area (Å²) in [7, 11) is 0. The molecular formula is C24H40N6O. The summed E-state index contributed by atoms with van der Waals surface area (Å²) in [6, 6.07) is 9.30. The van der Waals surface area contributed by atoms with Crippen LogP contribution in [0.1, 0.15) is 43.7 Å². The van der Waals surface area contributed by atoms with E-state index in [4.69, 9.17) is 10.7 Å². The molecule has 0 atom stereocenters. The van der Waals surface area contributed by atoms with Crippen LogP contribution in [0, 0.1) is 12.8 Å². The third-order valence-corrected chi connectivity index (χ3v) is 6.39. The van der Waals surface area contributed by atoms with Gasteiger partial charge in [-0.05, 0) is 64.1 Å². The van der Waals surface area contributed by atoms with Gasteiger partial charge in [0.25, 0.3) is 0 Å². The van der Waals surface area contributed by atoms with Crippen LogP contribution in [0.3, 0.4) is 0 Å². The lowest BCUT2D eigenvalue weighted by Gasteiger charge is -2.33. The first kappa shape index (κ1) is 23.5. The van der Waals surface area contributed by atoms with E-state index < -0.39 is 0 Å². The average molecular weight is 429 g/mol. The number of nitrogens with zero attached hydrogens (tertiary/aromatic N) is 3. The summed E-state index contributed by atoms with van der Waals surface area (Å²) in [5.74, 6) is 1.34. The molecule has 7 heteroatoms. The SMILES string of the molecule is CCNC(=NCC1CCN(Cc2ccc(C)cc2)CC1)NC1CCN(CC(N)=O)CC1. The van der Waals surface area contributed by atoms with Crippen LogP contribution in [-0.4, -0.2) is 73.5 Å². The van der Waals surface area contributed by atoms with Gasteiger partial charge < -0.3 is 16.4 Å². The molecule has 1 aromatic carbocycles. The quantitative estimate of drug-likeness (QED) is 0.434. The number of hydrogen-bond donors (Lipinski definition) is 3. The highest BCUT2D eigenvalue weighted by Gasteiger charge is 2.22. The monoisotopic (exact) mass is 428 g/mol. The highest BCUT2D eigenvalue weighted by atomic mass is 16.1. The molecule has 172 valence electrons. The maximum atomic E-state index is 11.1. The minimum atomic E-state index is -0.244. The fourth-order valence-corrected chi connectivity index (χ4v) is 4.47. The smallest absolute Gasteiger partial charge is 0.231 e. The van der Waals surface area contributed by atoms with Gasteiger partial charge in [-0.25, -0.2) is 0 Å². The summed E-state index contributed by atoms with van der Waals surface area (Å²) in [5, 5.41) is 7.00. The van der Waals surface area contributed by atoms with Gasteiger partial charge in [0.2, 0.25) is 5.91 Å². The third-order valence-electron chi connectivity index (χ3n) is 6.39. The summed E-state index contributed by atoms with van der Waals surface area (Å²) < 4.78 is 0. The summed E-state index contributed by atoms with van der Waals surface area (Å²) in [6.45, 7) is 11.5. The van der Waals surface area contributed by atoms with Gasteiger partial charge in [0.1, 0.15) is 0 Å². The number of aryl methyl sites for hydroxylation is 1. The zero-order valence-corrected chi connectivity index (χ0v) is 19.3. The summed E-state index contributed by atoms with van der Waals surface area (Å²) in [6.07, 6.45) is 4.44. The molecule has 0 aromatic heterocycles. The van der Waals surface area contributed by atoms with Crippen molar-refractivity contribution in [2.75, 3.05) is 45.8 Å². The van der Waals surface area contributed by atoms with Crippen LogP contribution in [0.5, 0.6) is 0 Å². The van der Waals surface area contributed by atoms with Crippen LogP contribution in [0.25, 0.3) is 0 Å². The molecule has 0 bridgehead atoms. The van der Waals surface area contributed by atoms with Gasteiger partial charge >= 0.3 is 0 Å². The molecule has 4 N–H and O–H groups in total. The lowest BCUT2D eigenvalue weighted by atomic mass is 9.96. The molecule has 2 aliphatic heterocycles. The summed E-state index contributed by atoms with van der Waals surface area (Å²) >= 11 is 0. The number of carbonyl (C=O) groups is 1. The first-order valence-corrected chi connectivity index (χ1v) is 11.8. The number of nitrogens with two attached hydrogens (primary N) is 1. The zero-order valence-electron chi connectivity index (χ0n) is 19.3. The van der Waals surface area contributed by atoms with Crippen LogP contribution < -0.4 is 16.4 Å². The Morgan fingerprint density at radius 2 is 1.71 bits per heavy atom. The van der Waals surface area contributed by atoms with Crippen molar-refractivity contribution in [2.24, 2.45) is 16.6 Å². The molecule has 0 aliphatic carbocycles. The normalized spacial score (nSPS) is 20.0. The fourth-order valence-electron chi connectivity index (χ4n) is 4.47.